The number of ether oxygens (including phenoxy) is 1. The van der Waals surface area contributed by atoms with Crippen LogP contribution in [0.2, 0.25) is 0 Å². The number of anilines is 1. The van der Waals surface area contributed by atoms with Gasteiger partial charge in [-0.15, -0.1) is 0 Å². The Labute approximate surface area is 109 Å². The minimum atomic E-state index is -0.121. The van der Waals surface area contributed by atoms with Gasteiger partial charge in [0.05, 0.1) is 7.11 Å². The number of nitrogen functional groups attached to an aromatic ring is 1. The van der Waals surface area contributed by atoms with E-state index < -0.39 is 0 Å². The van der Waals surface area contributed by atoms with Gasteiger partial charge < -0.3 is 15.8 Å². The van der Waals surface area contributed by atoms with E-state index in [-0.39, 0.29) is 11.3 Å². The molecule has 0 aromatic heterocycles. The Hall–Kier alpha value is -1.71. The molecule has 100 valence electrons. The third-order valence-corrected chi connectivity index (χ3v) is 2.59. The van der Waals surface area contributed by atoms with E-state index in [2.05, 4.69) is 26.1 Å². The van der Waals surface area contributed by atoms with Gasteiger partial charge in [0, 0.05) is 23.9 Å². The molecule has 0 aliphatic heterocycles. The third kappa shape index (κ3) is 4.65. The van der Waals surface area contributed by atoms with Crippen LogP contribution in [-0.4, -0.2) is 19.6 Å². The molecule has 0 aliphatic rings. The Morgan fingerprint density at radius 2 is 2.00 bits per heavy atom. The average Bonchev–Trinajstić information content (AvgIpc) is 2.26. The van der Waals surface area contributed by atoms with Gasteiger partial charge in [0.1, 0.15) is 5.75 Å². The highest BCUT2D eigenvalue weighted by atomic mass is 16.5. The predicted octanol–water partition coefficient (Wildman–Crippen LogP) is 2.44. The Bertz CT molecular complexity index is 422. The molecule has 0 saturated carbocycles. The maximum Gasteiger partial charge on any atom is 0.251 e. The Morgan fingerprint density at radius 1 is 1.33 bits per heavy atom. The quantitative estimate of drug-likeness (QED) is 0.807. The lowest BCUT2D eigenvalue weighted by atomic mass is 9.92. The zero-order valence-electron chi connectivity index (χ0n) is 11.5. The first-order chi connectivity index (χ1) is 8.31. The van der Waals surface area contributed by atoms with Crippen LogP contribution in [0.15, 0.2) is 18.2 Å². The maximum absolute atomic E-state index is 11.9. The Morgan fingerprint density at radius 3 is 2.56 bits per heavy atom. The van der Waals surface area contributed by atoms with Crippen LogP contribution in [0.3, 0.4) is 0 Å². The zero-order chi connectivity index (χ0) is 13.8. The fraction of sp³-hybridized carbons (Fsp3) is 0.500. The number of carbonyl (C=O) groups excluding carboxylic acids is 1. The highest BCUT2D eigenvalue weighted by Crippen LogP contribution is 2.19. The summed E-state index contributed by atoms with van der Waals surface area (Å²) in [5, 5.41) is 2.88. The molecule has 0 bridgehead atoms. The zero-order valence-corrected chi connectivity index (χ0v) is 11.5. The highest BCUT2D eigenvalue weighted by molar-refractivity contribution is 5.95. The summed E-state index contributed by atoms with van der Waals surface area (Å²) in [4.78, 5) is 11.9. The van der Waals surface area contributed by atoms with Gasteiger partial charge in [-0.2, -0.15) is 0 Å². The van der Waals surface area contributed by atoms with Gasteiger partial charge in [0.15, 0.2) is 0 Å². The molecule has 0 radical (unpaired) electrons. The lowest BCUT2D eigenvalue weighted by molar-refractivity contribution is 0.0949. The lowest BCUT2D eigenvalue weighted by Crippen LogP contribution is -2.27. The van der Waals surface area contributed by atoms with E-state index in [1.807, 2.05) is 0 Å². The summed E-state index contributed by atoms with van der Waals surface area (Å²) in [6.07, 6.45) is 0.929. The van der Waals surface area contributed by atoms with Crippen molar-refractivity contribution in [3.05, 3.63) is 23.8 Å². The molecule has 0 atom stereocenters. The van der Waals surface area contributed by atoms with Crippen molar-refractivity contribution in [2.24, 2.45) is 5.41 Å². The van der Waals surface area contributed by atoms with E-state index in [0.717, 1.165) is 6.42 Å². The lowest BCUT2D eigenvalue weighted by Gasteiger charge is -2.18. The monoisotopic (exact) mass is 250 g/mol. The second kappa shape index (κ2) is 5.76. The number of benzene rings is 1. The number of nitrogens with one attached hydrogen (secondary N) is 1. The summed E-state index contributed by atoms with van der Waals surface area (Å²) in [5.41, 5.74) is 6.97. The smallest absolute Gasteiger partial charge is 0.251 e. The molecule has 0 heterocycles. The van der Waals surface area contributed by atoms with E-state index in [9.17, 15) is 4.79 Å². The summed E-state index contributed by atoms with van der Waals surface area (Å²) in [5.74, 6) is 0.473. The van der Waals surface area contributed by atoms with Crippen LogP contribution in [-0.2, 0) is 0 Å². The fourth-order valence-electron chi connectivity index (χ4n) is 1.52. The highest BCUT2D eigenvalue weighted by Gasteiger charge is 2.12. The Kier molecular flexibility index (Phi) is 4.59. The van der Waals surface area contributed by atoms with Gasteiger partial charge >= 0.3 is 0 Å². The molecule has 4 nitrogen and oxygen atoms in total. The molecule has 18 heavy (non-hydrogen) atoms. The molecular weight excluding hydrogens is 228 g/mol. The van der Waals surface area contributed by atoms with E-state index in [4.69, 9.17) is 10.5 Å². The van der Waals surface area contributed by atoms with Crippen molar-refractivity contribution in [3.63, 3.8) is 0 Å². The number of methoxy groups -OCH3 is 1. The van der Waals surface area contributed by atoms with Crippen LogP contribution < -0.4 is 15.8 Å². The van der Waals surface area contributed by atoms with Gasteiger partial charge in [-0.3, -0.25) is 4.79 Å². The first-order valence-corrected chi connectivity index (χ1v) is 6.04. The van der Waals surface area contributed by atoms with Gasteiger partial charge in [-0.1, -0.05) is 20.8 Å². The van der Waals surface area contributed by atoms with Crippen LogP contribution >= 0.6 is 0 Å². The molecule has 0 fully saturated rings. The average molecular weight is 250 g/mol. The van der Waals surface area contributed by atoms with Crippen molar-refractivity contribution in [3.8, 4) is 5.75 Å². The van der Waals surface area contributed by atoms with Crippen LogP contribution in [0.5, 0.6) is 5.75 Å². The second-order valence-corrected chi connectivity index (χ2v) is 5.56. The molecule has 4 heteroatoms. The van der Waals surface area contributed by atoms with Crippen molar-refractivity contribution >= 4 is 11.6 Å². The fourth-order valence-corrected chi connectivity index (χ4v) is 1.52. The number of hydrogen-bond donors (Lipinski definition) is 2. The largest absolute Gasteiger partial charge is 0.497 e. The molecular formula is C14H22N2O2. The molecule has 0 unspecified atom stereocenters. The Balaban J connectivity index is 2.64. The summed E-state index contributed by atoms with van der Waals surface area (Å²) < 4.78 is 5.08. The standard InChI is InChI=1S/C14H22N2O2/c1-14(2,3)5-6-16-13(17)10-7-11(15)9-12(8-10)18-4/h7-9H,5-6,15H2,1-4H3,(H,16,17). The van der Waals surface area contributed by atoms with Crippen LogP contribution in [0.1, 0.15) is 37.6 Å². The van der Waals surface area contributed by atoms with Crippen LogP contribution in [0, 0.1) is 5.41 Å². The number of carbonyl (C=O) groups is 1. The molecule has 0 aliphatic carbocycles. The number of nitrogens with two attached hydrogens (primary N) is 1. The number of amides is 1. The van der Waals surface area contributed by atoms with Gasteiger partial charge in [0.25, 0.3) is 5.91 Å². The maximum atomic E-state index is 11.9. The molecule has 0 saturated heterocycles. The normalized spacial score (nSPS) is 11.1. The van der Waals surface area contributed by atoms with Crippen molar-refractivity contribution in [2.75, 3.05) is 19.4 Å². The topological polar surface area (TPSA) is 64.3 Å². The summed E-state index contributed by atoms with van der Waals surface area (Å²) >= 11 is 0. The van der Waals surface area contributed by atoms with E-state index >= 15 is 0 Å². The van der Waals surface area contributed by atoms with Gasteiger partial charge in [-0.05, 0) is 24.0 Å². The summed E-state index contributed by atoms with van der Waals surface area (Å²) in [6, 6.07) is 5.02. The molecule has 3 N–H and O–H groups in total. The van der Waals surface area contributed by atoms with Gasteiger partial charge in [-0.25, -0.2) is 0 Å². The molecule has 1 amide bonds. The van der Waals surface area contributed by atoms with Crippen molar-refractivity contribution in [2.45, 2.75) is 27.2 Å². The predicted molar refractivity (Wildman–Crippen MR) is 73.8 cm³/mol. The van der Waals surface area contributed by atoms with E-state index in [1.54, 1.807) is 25.3 Å². The van der Waals surface area contributed by atoms with E-state index in [0.29, 0.717) is 23.5 Å². The number of hydrogen-bond acceptors (Lipinski definition) is 3. The van der Waals surface area contributed by atoms with Crippen LogP contribution in [0.25, 0.3) is 0 Å². The van der Waals surface area contributed by atoms with Gasteiger partial charge in [0.2, 0.25) is 0 Å². The third-order valence-electron chi connectivity index (χ3n) is 2.59. The first-order valence-electron chi connectivity index (χ1n) is 6.04. The van der Waals surface area contributed by atoms with E-state index in [1.165, 1.54) is 0 Å². The summed E-state index contributed by atoms with van der Waals surface area (Å²) in [6.45, 7) is 7.08. The summed E-state index contributed by atoms with van der Waals surface area (Å²) in [7, 11) is 1.55. The van der Waals surface area contributed by atoms with Crippen molar-refractivity contribution < 1.29 is 9.53 Å². The number of rotatable bonds is 4. The SMILES string of the molecule is COc1cc(N)cc(C(=O)NCCC(C)(C)C)c1. The molecule has 1 aromatic rings. The minimum Gasteiger partial charge on any atom is -0.497 e. The minimum absolute atomic E-state index is 0.121. The second-order valence-electron chi connectivity index (χ2n) is 5.56. The van der Waals surface area contributed by atoms with Crippen molar-refractivity contribution in [1.29, 1.82) is 0 Å². The molecule has 1 rings (SSSR count). The van der Waals surface area contributed by atoms with Crippen molar-refractivity contribution in [1.82, 2.24) is 5.32 Å². The molecule has 1 aromatic carbocycles. The first kappa shape index (κ1) is 14.4. The molecule has 0 spiro atoms. The van der Waals surface area contributed by atoms with Crippen LogP contribution in [0.4, 0.5) is 5.69 Å².